The lowest BCUT2D eigenvalue weighted by atomic mass is 9.87. The van der Waals surface area contributed by atoms with Crippen molar-refractivity contribution in [3.05, 3.63) is 57.5 Å². The molecule has 0 aliphatic heterocycles. The third-order valence-electron chi connectivity index (χ3n) is 3.21. The van der Waals surface area contributed by atoms with Gasteiger partial charge in [0.15, 0.2) is 0 Å². The van der Waals surface area contributed by atoms with Crippen molar-refractivity contribution in [1.82, 2.24) is 0 Å². The molecule has 0 amide bonds. The minimum absolute atomic E-state index is 0.0189. The van der Waals surface area contributed by atoms with Crippen molar-refractivity contribution >= 4 is 43.2 Å². The van der Waals surface area contributed by atoms with Crippen molar-refractivity contribution in [2.45, 2.75) is 31.1 Å². The summed E-state index contributed by atoms with van der Waals surface area (Å²) < 4.78 is 28.0. The van der Waals surface area contributed by atoms with E-state index in [-0.39, 0.29) is 10.3 Å². The maximum Gasteiger partial charge on any atom is 0.261 e. The van der Waals surface area contributed by atoms with Crippen molar-refractivity contribution in [1.29, 1.82) is 0 Å². The highest BCUT2D eigenvalue weighted by atomic mass is 79.9. The van der Waals surface area contributed by atoms with E-state index in [1.807, 2.05) is 12.1 Å². The molecule has 2 rings (SSSR count). The predicted octanol–water partition coefficient (Wildman–Crippen LogP) is 5.20. The van der Waals surface area contributed by atoms with Gasteiger partial charge in [-0.3, -0.25) is 4.72 Å². The molecule has 0 unspecified atom stereocenters. The van der Waals surface area contributed by atoms with Gasteiger partial charge in [0.1, 0.15) is 0 Å². The quantitative estimate of drug-likeness (QED) is 0.767. The Morgan fingerprint density at radius 3 is 2.14 bits per heavy atom. The molecule has 0 atom stereocenters. The Bertz CT molecular complexity index is 781. The molecular weight excluding hydrogens is 386 g/mol. The van der Waals surface area contributed by atoms with E-state index in [4.69, 9.17) is 11.6 Å². The largest absolute Gasteiger partial charge is 0.278 e. The van der Waals surface area contributed by atoms with E-state index in [1.54, 1.807) is 30.3 Å². The third-order valence-corrected chi connectivity index (χ3v) is 5.48. The molecule has 0 radical (unpaired) electrons. The Labute approximate surface area is 144 Å². The van der Waals surface area contributed by atoms with Crippen molar-refractivity contribution in [3.8, 4) is 0 Å². The summed E-state index contributed by atoms with van der Waals surface area (Å²) in [6.45, 7) is 6.25. The van der Waals surface area contributed by atoms with Crippen LogP contribution in [0.4, 0.5) is 5.69 Å². The second kappa shape index (κ2) is 6.22. The Balaban J connectivity index is 2.31. The Hall–Kier alpha value is -1.04. The first-order valence-corrected chi connectivity index (χ1v) is 9.33. The summed E-state index contributed by atoms with van der Waals surface area (Å²) in [6.07, 6.45) is 0. The van der Waals surface area contributed by atoms with Crippen molar-refractivity contribution in [2.24, 2.45) is 0 Å². The number of rotatable bonds is 3. The summed E-state index contributed by atoms with van der Waals surface area (Å²) in [5.74, 6) is 0. The Morgan fingerprint density at radius 1 is 1.05 bits per heavy atom. The maximum absolute atomic E-state index is 12.4. The van der Waals surface area contributed by atoms with Gasteiger partial charge >= 0.3 is 0 Å². The summed E-state index contributed by atoms with van der Waals surface area (Å²) in [5, 5.41) is 0.532. The van der Waals surface area contributed by atoms with Crippen LogP contribution in [0.2, 0.25) is 5.02 Å². The molecule has 3 nitrogen and oxygen atoms in total. The first-order valence-electron chi connectivity index (χ1n) is 6.68. The summed E-state index contributed by atoms with van der Waals surface area (Å²) in [7, 11) is -3.63. The molecule has 6 heteroatoms. The molecule has 22 heavy (non-hydrogen) atoms. The van der Waals surface area contributed by atoms with Crippen LogP contribution in [0.15, 0.2) is 51.8 Å². The first kappa shape index (κ1) is 17.3. The van der Waals surface area contributed by atoms with Crippen LogP contribution in [0.5, 0.6) is 0 Å². The molecule has 0 aliphatic carbocycles. The van der Waals surface area contributed by atoms with Crippen molar-refractivity contribution < 1.29 is 8.42 Å². The topological polar surface area (TPSA) is 46.2 Å². The summed E-state index contributed by atoms with van der Waals surface area (Å²) in [4.78, 5) is 0.224. The maximum atomic E-state index is 12.4. The van der Waals surface area contributed by atoms with Gasteiger partial charge in [-0.25, -0.2) is 8.42 Å². The van der Waals surface area contributed by atoms with E-state index < -0.39 is 10.0 Å². The van der Waals surface area contributed by atoms with Crippen molar-refractivity contribution in [3.63, 3.8) is 0 Å². The van der Waals surface area contributed by atoms with E-state index >= 15 is 0 Å². The van der Waals surface area contributed by atoms with Gasteiger partial charge in [0.25, 0.3) is 10.0 Å². The van der Waals surface area contributed by atoms with E-state index in [0.717, 1.165) is 5.56 Å². The van der Waals surface area contributed by atoms with Gasteiger partial charge in [-0.2, -0.15) is 0 Å². The van der Waals surface area contributed by atoms with E-state index in [1.165, 1.54) is 0 Å². The first-order chi connectivity index (χ1) is 10.1. The lowest BCUT2D eigenvalue weighted by Gasteiger charge is -2.19. The molecule has 0 saturated heterocycles. The molecule has 0 spiro atoms. The smallest absolute Gasteiger partial charge is 0.261 e. The van der Waals surface area contributed by atoms with Gasteiger partial charge < -0.3 is 0 Å². The van der Waals surface area contributed by atoms with Crippen LogP contribution in [0.25, 0.3) is 0 Å². The highest BCUT2D eigenvalue weighted by molar-refractivity contribution is 9.10. The highest BCUT2D eigenvalue weighted by Crippen LogP contribution is 2.29. The van der Waals surface area contributed by atoms with E-state index in [9.17, 15) is 8.42 Å². The standard InChI is InChI=1S/C16H17BrClNO2S/c1-16(2,3)11-4-7-13(8-5-11)22(20,21)19-15-9-6-12(18)10-14(15)17/h4-10,19H,1-3H3. The van der Waals surface area contributed by atoms with Crippen LogP contribution in [0.1, 0.15) is 26.3 Å². The van der Waals surface area contributed by atoms with Crippen LogP contribution in [0.3, 0.4) is 0 Å². The van der Waals surface area contributed by atoms with Crippen LogP contribution in [0, 0.1) is 0 Å². The van der Waals surface area contributed by atoms with Crippen LogP contribution in [-0.2, 0) is 15.4 Å². The molecule has 0 bridgehead atoms. The molecule has 2 aromatic rings. The second-order valence-electron chi connectivity index (χ2n) is 6.00. The zero-order valence-electron chi connectivity index (χ0n) is 12.5. The molecule has 2 aromatic carbocycles. The fraction of sp³-hybridized carbons (Fsp3) is 0.250. The van der Waals surface area contributed by atoms with E-state index in [0.29, 0.717) is 15.2 Å². The van der Waals surface area contributed by atoms with Crippen LogP contribution in [-0.4, -0.2) is 8.42 Å². The van der Waals surface area contributed by atoms with Gasteiger partial charge in [0, 0.05) is 9.50 Å². The van der Waals surface area contributed by atoms with Gasteiger partial charge in [-0.1, -0.05) is 44.5 Å². The molecule has 0 saturated carbocycles. The average Bonchev–Trinajstić information content (AvgIpc) is 2.41. The number of nitrogens with one attached hydrogen (secondary N) is 1. The van der Waals surface area contributed by atoms with Crippen LogP contribution >= 0.6 is 27.5 Å². The molecular formula is C16H17BrClNO2S. The number of halogens is 2. The molecule has 1 N–H and O–H groups in total. The van der Waals surface area contributed by atoms with Crippen molar-refractivity contribution in [2.75, 3.05) is 4.72 Å². The zero-order valence-corrected chi connectivity index (χ0v) is 15.7. The van der Waals surface area contributed by atoms with Crippen LogP contribution < -0.4 is 4.72 Å². The number of benzene rings is 2. The van der Waals surface area contributed by atoms with E-state index in [2.05, 4.69) is 41.4 Å². The molecule has 0 fully saturated rings. The highest BCUT2D eigenvalue weighted by Gasteiger charge is 2.18. The number of sulfonamides is 1. The third kappa shape index (κ3) is 4.03. The minimum atomic E-state index is -3.63. The lowest BCUT2D eigenvalue weighted by Crippen LogP contribution is -2.15. The fourth-order valence-corrected chi connectivity index (χ4v) is 3.90. The fourth-order valence-electron chi connectivity index (χ4n) is 1.91. The Kier molecular flexibility index (Phi) is 4.90. The Morgan fingerprint density at radius 2 is 1.64 bits per heavy atom. The molecule has 0 aromatic heterocycles. The number of hydrogen-bond donors (Lipinski definition) is 1. The minimum Gasteiger partial charge on any atom is -0.278 e. The second-order valence-corrected chi connectivity index (χ2v) is 8.98. The van der Waals surface area contributed by atoms with Gasteiger partial charge in [-0.15, -0.1) is 0 Å². The summed E-state index contributed by atoms with van der Waals surface area (Å²) in [6, 6.07) is 11.8. The van der Waals surface area contributed by atoms with Gasteiger partial charge in [0.2, 0.25) is 0 Å². The predicted molar refractivity (Wildman–Crippen MR) is 95.1 cm³/mol. The summed E-state index contributed by atoms with van der Waals surface area (Å²) >= 11 is 9.16. The zero-order chi connectivity index (χ0) is 16.5. The molecule has 118 valence electrons. The van der Waals surface area contributed by atoms with Gasteiger partial charge in [-0.05, 0) is 57.2 Å². The molecule has 0 heterocycles. The normalized spacial score (nSPS) is 12.2. The average molecular weight is 403 g/mol. The van der Waals surface area contributed by atoms with Gasteiger partial charge in [0.05, 0.1) is 10.6 Å². The lowest BCUT2D eigenvalue weighted by molar-refractivity contribution is 0.587. The number of hydrogen-bond acceptors (Lipinski definition) is 2. The monoisotopic (exact) mass is 401 g/mol. The summed E-state index contributed by atoms with van der Waals surface area (Å²) in [5.41, 5.74) is 1.51. The SMILES string of the molecule is CC(C)(C)c1ccc(S(=O)(=O)Nc2ccc(Cl)cc2Br)cc1. The number of anilines is 1. The molecule has 0 aliphatic rings.